The van der Waals surface area contributed by atoms with Gasteiger partial charge in [0.15, 0.2) is 5.69 Å². The van der Waals surface area contributed by atoms with E-state index in [2.05, 4.69) is 5.10 Å². The molecule has 34 heavy (non-hydrogen) atoms. The summed E-state index contributed by atoms with van der Waals surface area (Å²) in [5, 5.41) is 16.3. The molecule has 0 spiro atoms. The predicted octanol–water partition coefficient (Wildman–Crippen LogP) is 3.23. The van der Waals surface area contributed by atoms with Gasteiger partial charge in [-0.05, 0) is 22.3 Å². The van der Waals surface area contributed by atoms with Gasteiger partial charge in [0, 0.05) is 19.0 Å². The minimum atomic E-state index is -3.99. The van der Waals surface area contributed by atoms with Crippen LogP contribution in [0.5, 0.6) is 0 Å². The molecule has 0 fully saturated rings. The van der Waals surface area contributed by atoms with Crippen LogP contribution in [0.3, 0.4) is 0 Å². The number of hydrogen-bond donors (Lipinski definition) is 3. The minimum absolute atomic E-state index is 0.0649. The number of nitrogens with one attached hydrogen (secondary N) is 2. The number of hydrogen-bond acceptors (Lipinski definition) is 5. The summed E-state index contributed by atoms with van der Waals surface area (Å²) in [4.78, 5) is 35.0. The SMILES string of the molecule is Cn1nc(C(=O)O)cc1NC(=O)C(F)(F)CNC(=O)OCC1c2ccccc2-c2ccccc21. The van der Waals surface area contributed by atoms with Crippen molar-refractivity contribution in [3.05, 3.63) is 71.4 Å². The van der Waals surface area contributed by atoms with Crippen LogP contribution in [0.1, 0.15) is 27.5 Å². The molecule has 3 aromatic rings. The summed E-state index contributed by atoms with van der Waals surface area (Å²) >= 11 is 0. The van der Waals surface area contributed by atoms with Crippen LogP contribution in [0.4, 0.5) is 19.4 Å². The van der Waals surface area contributed by atoms with Crippen LogP contribution in [0.25, 0.3) is 11.1 Å². The number of carbonyl (C=O) groups is 3. The molecule has 11 heteroatoms. The van der Waals surface area contributed by atoms with Gasteiger partial charge in [-0.15, -0.1) is 0 Å². The molecule has 0 aliphatic heterocycles. The van der Waals surface area contributed by atoms with Gasteiger partial charge in [0.25, 0.3) is 5.91 Å². The summed E-state index contributed by atoms with van der Waals surface area (Å²) in [5.41, 5.74) is 3.57. The fourth-order valence-corrected chi connectivity index (χ4v) is 3.81. The molecule has 1 aliphatic rings. The van der Waals surface area contributed by atoms with E-state index in [1.54, 1.807) is 0 Å². The van der Waals surface area contributed by atoms with Crippen molar-refractivity contribution >= 4 is 23.8 Å². The highest BCUT2D eigenvalue weighted by Crippen LogP contribution is 2.44. The molecule has 0 saturated carbocycles. The second kappa shape index (κ2) is 8.93. The first kappa shape index (κ1) is 22.9. The molecule has 9 nitrogen and oxygen atoms in total. The number of carboxylic acids is 1. The molecule has 0 atom stereocenters. The van der Waals surface area contributed by atoms with Crippen molar-refractivity contribution in [2.75, 3.05) is 18.5 Å². The molecule has 2 amide bonds. The molecule has 1 aliphatic carbocycles. The Morgan fingerprint density at radius 2 is 1.68 bits per heavy atom. The van der Waals surface area contributed by atoms with Gasteiger partial charge >= 0.3 is 18.0 Å². The molecular weight excluding hydrogens is 450 g/mol. The Bertz CT molecular complexity index is 1230. The van der Waals surface area contributed by atoms with E-state index in [1.807, 2.05) is 59.2 Å². The highest BCUT2D eigenvalue weighted by Gasteiger charge is 2.40. The maximum absolute atomic E-state index is 14.3. The predicted molar refractivity (Wildman–Crippen MR) is 117 cm³/mol. The van der Waals surface area contributed by atoms with Crippen LogP contribution < -0.4 is 10.6 Å². The van der Waals surface area contributed by atoms with E-state index in [1.165, 1.54) is 7.05 Å². The summed E-state index contributed by atoms with van der Waals surface area (Å²) in [6, 6.07) is 16.3. The number of nitrogens with zero attached hydrogens (tertiary/aromatic N) is 2. The number of fused-ring (bicyclic) bond motifs is 3. The zero-order valence-electron chi connectivity index (χ0n) is 17.9. The van der Waals surface area contributed by atoms with Crippen molar-refractivity contribution in [1.82, 2.24) is 15.1 Å². The van der Waals surface area contributed by atoms with Crippen molar-refractivity contribution in [2.24, 2.45) is 7.05 Å². The van der Waals surface area contributed by atoms with Crippen LogP contribution in [0.2, 0.25) is 0 Å². The quantitative estimate of drug-likeness (QED) is 0.487. The lowest BCUT2D eigenvalue weighted by Crippen LogP contribution is -2.45. The maximum atomic E-state index is 14.3. The van der Waals surface area contributed by atoms with Gasteiger partial charge in [-0.25, -0.2) is 9.59 Å². The average Bonchev–Trinajstić information content (AvgIpc) is 3.34. The number of alkyl carbamates (subject to hydrolysis) is 1. The topological polar surface area (TPSA) is 123 Å². The first-order chi connectivity index (χ1) is 16.2. The lowest BCUT2D eigenvalue weighted by Gasteiger charge is -2.18. The normalized spacial score (nSPS) is 12.6. The third-order valence-electron chi connectivity index (χ3n) is 5.47. The molecule has 0 radical (unpaired) electrons. The first-order valence-electron chi connectivity index (χ1n) is 10.2. The van der Waals surface area contributed by atoms with Gasteiger partial charge in [0.2, 0.25) is 0 Å². The number of benzene rings is 2. The number of aromatic nitrogens is 2. The van der Waals surface area contributed by atoms with Gasteiger partial charge < -0.3 is 20.5 Å². The van der Waals surface area contributed by atoms with E-state index in [0.717, 1.165) is 33.0 Å². The number of aromatic carboxylic acids is 1. The molecular formula is C23H20F2N4O5. The molecule has 0 unspecified atom stereocenters. The number of amides is 2. The Balaban J connectivity index is 1.34. The van der Waals surface area contributed by atoms with Gasteiger partial charge in [-0.3, -0.25) is 9.48 Å². The van der Waals surface area contributed by atoms with E-state index in [-0.39, 0.29) is 18.3 Å². The Labute approximate surface area is 192 Å². The lowest BCUT2D eigenvalue weighted by atomic mass is 9.98. The zero-order chi connectivity index (χ0) is 24.5. The number of carbonyl (C=O) groups excluding carboxylic acids is 2. The number of rotatable bonds is 7. The molecule has 176 valence electrons. The third kappa shape index (κ3) is 4.45. The second-order valence-corrected chi connectivity index (χ2v) is 7.68. The van der Waals surface area contributed by atoms with Gasteiger partial charge in [-0.1, -0.05) is 48.5 Å². The van der Waals surface area contributed by atoms with Crippen molar-refractivity contribution in [3.63, 3.8) is 0 Å². The van der Waals surface area contributed by atoms with E-state index < -0.39 is 36.1 Å². The van der Waals surface area contributed by atoms with Crippen LogP contribution in [0, 0.1) is 0 Å². The highest BCUT2D eigenvalue weighted by atomic mass is 19.3. The molecule has 1 aromatic heterocycles. The molecule has 1 heterocycles. The van der Waals surface area contributed by atoms with Crippen molar-refractivity contribution in [3.8, 4) is 11.1 Å². The Hall–Kier alpha value is -4.28. The van der Waals surface area contributed by atoms with Crippen molar-refractivity contribution < 1.29 is 33.0 Å². The largest absolute Gasteiger partial charge is 0.476 e. The first-order valence-corrected chi connectivity index (χ1v) is 10.2. The van der Waals surface area contributed by atoms with E-state index in [4.69, 9.17) is 9.84 Å². The summed E-state index contributed by atoms with van der Waals surface area (Å²) in [7, 11) is 1.29. The minimum Gasteiger partial charge on any atom is -0.476 e. The molecule has 0 bridgehead atoms. The van der Waals surface area contributed by atoms with Crippen LogP contribution >= 0.6 is 0 Å². The Morgan fingerprint density at radius 1 is 1.09 bits per heavy atom. The third-order valence-corrected chi connectivity index (χ3v) is 5.47. The van der Waals surface area contributed by atoms with E-state index in [0.29, 0.717) is 0 Å². The number of carboxylic acid groups (broad SMARTS) is 1. The number of aryl methyl sites for hydroxylation is 1. The fourth-order valence-electron chi connectivity index (χ4n) is 3.81. The van der Waals surface area contributed by atoms with Gasteiger partial charge in [0.1, 0.15) is 12.4 Å². The van der Waals surface area contributed by atoms with Gasteiger partial charge in [0.05, 0.1) is 6.54 Å². The van der Waals surface area contributed by atoms with E-state index >= 15 is 0 Å². The van der Waals surface area contributed by atoms with Crippen LogP contribution in [-0.2, 0) is 16.6 Å². The number of ether oxygens (including phenoxy) is 1. The van der Waals surface area contributed by atoms with Crippen LogP contribution in [0.15, 0.2) is 54.6 Å². The Kier molecular flexibility index (Phi) is 6.01. The van der Waals surface area contributed by atoms with Gasteiger partial charge in [-0.2, -0.15) is 13.9 Å². The zero-order valence-corrected chi connectivity index (χ0v) is 17.9. The number of anilines is 1. The standard InChI is InChI=1S/C23H20F2N4O5/c1-29-19(10-18(28-29)20(30)31)27-21(32)23(24,25)12-26-22(33)34-11-17-15-8-4-2-6-13(15)14-7-3-5-9-16(14)17/h2-10,17H,11-12H2,1H3,(H,26,33)(H,27,32)(H,30,31). The molecule has 2 aromatic carbocycles. The summed E-state index contributed by atoms with van der Waals surface area (Å²) < 4.78 is 34.7. The Morgan fingerprint density at radius 3 is 2.24 bits per heavy atom. The average molecular weight is 470 g/mol. The van der Waals surface area contributed by atoms with Crippen molar-refractivity contribution in [1.29, 1.82) is 0 Å². The lowest BCUT2D eigenvalue weighted by molar-refractivity contribution is -0.138. The van der Waals surface area contributed by atoms with Crippen LogP contribution in [-0.4, -0.2) is 51.9 Å². The smallest absolute Gasteiger partial charge is 0.407 e. The highest BCUT2D eigenvalue weighted by molar-refractivity contribution is 5.97. The van der Waals surface area contributed by atoms with Crippen molar-refractivity contribution in [2.45, 2.75) is 11.8 Å². The number of alkyl halides is 2. The summed E-state index contributed by atoms with van der Waals surface area (Å²) in [6.07, 6.45) is -1.09. The number of halogens is 2. The fraction of sp³-hybridized carbons (Fsp3) is 0.217. The summed E-state index contributed by atoms with van der Waals surface area (Å²) in [5.74, 6) is -7.57. The second-order valence-electron chi connectivity index (χ2n) is 7.68. The molecule has 0 saturated heterocycles. The molecule has 3 N–H and O–H groups in total. The monoisotopic (exact) mass is 470 g/mol. The maximum Gasteiger partial charge on any atom is 0.407 e. The summed E-state index contributed by atoms with van der Waals surface area (Å²) in [6.45, 7) is -1.37. The van der Waals surface area contributed by atoms with E-state index in [9.17, 15) is 23.2 Å². The molecule has 4 rings (SSSR count).